The van der Waals surface area contributed by atoms with Gasteiger partial charge in [0.25, 0.3) is 0 Å². The van der Waals surface area contributed by atoms with Gasteiger partial charge in [-0.1, -0.05) is 23.9 Å². The molecule has 1 unspecified atom stereocenters. The van der Waals surface area contributed by atoms with Crippen LogP contribution in [0.4, 0.5) is 0 Å². The average Bonchev–Trinajstić information content (AvgIpc) is 2.72. The zero-order chi connectivity index (χ0) is 12.4. The predicted octanol–water partition coefficient (Wildman–Crippen LogP) is 2.14. The summed E-state index contributed by atoms with van der Waals surface area (Å²) in [7, 11) is 1.61. The van der Waals surface area contributed by atoms with Crippen LogP contribution in [0.5, 0.6) is 5.75 Å². The van der Waals surface area contributed by atoms with E-state index in [1.165, 1.54) is 23.7 Å². The van der Waals surface area contributed by atoms with E-state index in [-0.39, 0.29) is 35.3 Å². The lowest BCUT2D eigenvalue weighted by Crippen LogP contribution is -2.23. The molecule has 1 aromatic carbocycles. The van der Waals surface area contributed by atoms with Gasteiger partial charge in [0.05, 0.1) is 7.11 Å². The lowest BCUT2D eigenvalue weighted by atomic mass is 10.2. The minimum atomic E-state index is -0.182. The summed E-state index contributed by atoms with van der Waals surface area (Å²) >= 11 is 1.36. The highest BCUT2D eigenvalue weighted by Crippen LogP contribution is 2.38. The Kier molecular flexibility index (Phi) is 5.27. The lowest BCUT2D eigenvalue weighted by Gasteiger charge is -2.19. The van der Waals surface area contributed by atoms with Crippen LogP contribution in [0.1, 0.15) is 17.9 Å². The number of methoxy groups -OCH3 is 1. The third-order valence-electron chi connectivity index (χ3n) is 2.38. The van der Waals surface area contributed by atoms with E-state index in [4.69, 9.17) is 10.5 Å². The monoisotopic (exact) mass is 379 g/mol. The summed E-state index contributed by atoms with van der Waals surface area (Å²) in [5, 5.41) is 5.61. The summed E-state index contributed by atoms with van der Waals surface area (Å²) < 4.78 is 5.09. The first kappa shape index (κ1) is 15.1. The maximum Gasteiger partial charge on any atom is 0.241 e. The fourth-order valence-electron chi connectivity index (χ4n) is 1.56. The molecule has 1 atom stereocenters. The van der Waals surface area contributed by atoms with Gasteiger partial charge in [-0.2, -0.15) is 0 Å². The second-order valence-corrected chi connectivity index (χ2v) is 4.65. The quantitative estimate of drug-likeness (QED) is 0.800. The largest absolute Gasteiger partial charge is 0.497 e. The van der Waals surface area contributed by atoms with Crippen LogP contribution < -0.4 is 10.5 Å². The maximum absolute atomic E-state index is 11.4. The van der Waals surface area contributed by atoms with E-state index >= 15 is 0 Å². The van der Waals surface area contributed by atoms with Gasteiger partial charge in [0.1, 0.15) is 11.1 Å². The molecule has 5 nitrogen and oxygen atoms in total. The second-order valence-electron chi connectivity index (χ2n) is 3.55. The van der Waals surface area contributed by atoms with E-state index in [0.29, 0.717) is 5.17 Å². The summed E-state index contributed by atoms with van der Waals surface area (Å²) in [6.07, 6.45) is 0. The minimum absolute atomic E-state index is 0. The number of rotatable bonds is 2. The van der Waals surface area contributed by atoms with Gasteiger partial charge in [-0.3, -0.25) is 4.79 Å². The Bertz CT molecular complexity index is 464. The van der Waals surface area contributed by atoms with Gasteiger partial charge in [-0.15, -0.1) is 29.1 Å². The number of nitrogens with zero attached hydrogens (tertiary/aromatic N) is 2. The molecule has 1 aromatic rings. The number of nitrogens with two attached hydrogens (primary N) is 1. The zero-order valence-corrected chi connectivity index (χ0v) is 13.1. The molecule has 0 aromatic heterocycles. The van der Waals surface area contributed by atoms with Crippen molar-refractivity contribution in [2.24, 2.45) is 10.8 Å². The van der Waals surface area contributed by atoms with Crippen LogP contribution in [0.3, 0.4) is 0 Å². The molecule has 0 saturated carbocycles. The molecule has 0 saturated heterocycles. The van der Waals surface area contributed by atoms with Crippen molar-refractivity contribution in [1.29, 1.82) is 0 Å². The highest BCUT2D eigenvalue weighted by molar-refractivity contribution is 14.0. The van der Waals surface area contributed by atoms with Crippen molar-refractivity contribution in [2.45, 2.75) is 12.3 Å². The molecule has 7 heteroatoms. The van der Waals surface area contributed by atoms with Gasteiger partial charge in [-0.05, 0) is 17.7 Å². The zero-order valence-electron chi connectivity index (χ0n) is 9.99. The van der Waals surface area contributed by atoms with Crippen molar-refractivity contribution in [3.8, 4) is 5.75 Å². The van der Waals surface area contributed by atoms with E-state index < -0.39 is 0 Å². The van der Waals surface area contributed by atoms with Crippen LogP contribution in [0.2, 0.25) is 0 Å². The molecule has 1 amide bonds. The van der Waals surface area contributed by atoms with Gasteiger partial charge < -0.3 is 10.5 Å². The summed E-state index contributed by atoms with van der Waals surface area (Å²) in [5.74, 6) is 0.652. The summed E-state index contributed by atoms with van der Waals surface area (Å²) in [5.41, 5.74) is 6.61. The average molecular weight is 379 g/mol. The van der Waals surface area contributed by atoms with Crippen molar-refractivity contribution < 1.29 is 9.53 Å². The van der Waals surface area contributed by atoms with Crippen molar-refractivity contribution in [3.63, 3.8) is 0 Å². The van der Waals surface area contributed by atoms with Gasteiger partial charge in [-0.25, -0.2) is 5.01 Å². The molecule has 98 valence electrons. The number of thioether (sulfide) groups is 1. The number of ether oxygens (including phenoxy) is 1. The SMILES string of the molecule is COc1ccc(C2SC(N)=NN2C(C)=O)cc1.I. The number of carbonyl (C=O) groups excluding carboxylic acids is 1. The van der Waals surface area contributed by atoms with E-state index in [9.17, 15) is 4.79 Å². The molecule has 0 radical (unpaired) electrons. The molecule has 1 aliphatic rings. The highest BCUT2D eigenvalue weighted by atomic mass is 127. The molecule has 0 bridgehead atoms. The van der Waals surface area contributed by atoms with Crippen LogP contribution in [-0.4, -0.2) is 23.2 Å². The Hall–Kier alpha value is -0.960. The van der Waals surface area contributed by atoms with Crippen LogP contribution >= 0.6 is 35.7 Å². The smallest absolute Gasteiger partial charge is 0.241 e. The number of hydrogen-bond acceptors (Lipinski definition) is 5. The fraction of sp³-hybridized carbons (Fsp3) is 0.273. The van der Waals surface area contributed by atoms with E-state index in [1.807, 2.05) is 24.3 Å². The lowest BCUT2D eigenvalue weighted by molar-refractivity contribution is -0.129. The van der Waals surface area contributed by atoms with Crippen LogP contribution in [-0.2, 0) is 4.79 Å². The number of amidine groups is 1. The van der Waals surface area contributed by atoms with Gasteiger partial charge in [0, 0.05) is 6.92 Å². The van der Waals surface area contributed by atoms with Crippen molar-refractivity contribution in [3.05, 3.63) is 29.8 Å². The number of amides is 1. The molecule has 18 heavy (non-hydrogen) atoms. The Morgan fingerprint density at radius 2 is 2.06 bits per heavy atom. The van der Waals surface area contributed by atoms with Gasteiger partial charge in [0.15, 0.2) is 5.17 Å². The Labute approximate surface area is 127 Å². The van der Waals surface area contributed by atoms with E-state index in [2.05, 4.69) is 5.10 Å². The number of halogens is 1. The summed E-state index contributed by atoms with van der Waals surface area (Å²) in [6.45, 7) is 1.47. The molecule has 1 heterocycles. The molecular formula is C11H14IN3O2S. The Morgan fingerprint density at radius 3 is 2.56 bits per heavy atom. The minimum Gasteiger partial charge on any atom is -0.497 e. The molecule has 0 spiro atoms. The van der Waals surface area contributed by atoms with Gasteiger partial charge in [0.2, 0.25) is 5.91 Å². The highest BCUT2D eigenvalue weighted by Gasteiger charge is 2.30. The predicted molar refractivity (Wildman–Crippen MR) is 82.9 cm³/mol. The summed E-state index contributed by atoms with van der Waals surface area (Å²) in [6, 6.07) is 7.51. The fourth-order valence-corrected chi connectivity index (χ4v) is 2.51. The first-order valence-corrected chi connectivity index (χ1v) is 5.94. The topological polar surface area (TPSA) is 67.9 Å². The van der Waals surface area contributed by atoms with Gasteiger partial charge >= 0.3 is 0 Å². The number of hydrogen-bond donors (Lipinski definition) is 1. The molecule has 2 N–H and O–H groups in total. The maximum atomic E-state index is 11.4. The van der Waals surface area contributed by atoms with Crippen molar-refractivity contribution >= 4 is 46.8 Å². The van der Waals surface area contributed by atoms with Crippen LogP contribution in [0, 0.1) is 0 Å². The van der Waals surface area contributed by atoms with Crippen LogP contribution in [0.15, 0.2) is 29.4 Å². The molecule has 0 aliphatic carbocycles. The number of hydrazone groups is 1. The normalized spacial score (nSPS) is 18.0. The van der Waals surface area contributed by atoms with Crippen LogP contribution in [0.25, 0.3) is 0 Å². The second kappa shape index (κ2) is 6.28. The first-order valence-electron chi connectivity index (χ1n) is 5.06. The van der Waals surface area contributed by atoms with E-state index in [0.717, 1.165) is 11.3 Å². The molecule has 1 aliphatic heterocycles. The van der Waals surface area contributed by atoms with Crippen molar-refractivity contribution in [1.82, 2.24) is 5.01 Å². The first-order chi connectivity index (χ1) is 8.11. The van der Waals surface area contributed by atoms with E-state index in [1.54, 1.807) is 7.11 Å². The molecule has 2 rings (SSSR count). The standard InChI is InChI=1S/C11H13N3O2S.HI/c1-7(15)14-10(17-11(12)13-14)8-3-5-9(16-2)6-4-8;/h3-6,10H,1-2H3,(H2,12,13);1H. The molecule has 0 fully saturated rings. The molecular weight excluding hydrogens is 365 g/mol. The Morgan fingerprint density at radius 1 is 1.44 bits per heavy atom. The number of carbonyl (C=O) groups is 1. The Balaban J connectivity index is 0.00000162. The number of benzene rings is 1. The summed E-state index contributed by atoms with van der Waals surface area (Å²) in [4.78, 5) is 11.4. The third kappa shape index (κ3) is 3.08. The van der Waals surface area contributed by atoms with Crippen molar-refractivity contribution in [2.75, 3.05) is 7.11 Å². The third-order valence-corrected chi connectivity index (χ3v) is 3.40.